The molecule has 0 heterocycles. The van der Waals surface area contributed by atoms with Gasteiger partial charge in [-0.2, -0.15) is 0 Å². The van der Waals surface area contributed by atoms with E-state index in [-0.39, 0.29) is 5.75 Å². The van der Waals surface area contributed by atoms with Gasteiger partial charge in [0.05, 0.1) is 5.69 Å². The molecule has 3 aromatic rings. The van der Waals surface area contributed by atoms with Gasteiger partial charge >= 0.3 is 0 Å². The number of phenols is 1. The molecule has 0 radical (unpaired) electrons. The van der Waals surface area contributed by atoms with Gasteiger partial charge in [-0.3, -0.25) is 0 Å². The van der Waals surface area contributed by atoms with Gasteiger partial charge in [-0.15, -0.1) is 0 Å². The standard InChI is InChI=1S/C25H26Cl2N2OS/c1-17(2)15-29(16-19-7-5-8-23(30)11-19)25(31-24-9-4-6-18(3)10-24)28-22-13-20(26)12-21(27)14-22/h4-14,17,30H,15-16H2,1-3H3. The number of benzene rings is 3. The van der Waals surface area contributed by atoms with Crippen molar-refractivity contribution in [2.45, 2.75) is 32.2 Å². The van der Waals surface area contributed by atoms with Crippen molar-refractivity contribution >= 4 is 45.8 Å². The van der Waals surface area contributed by atoms with Crippen LogP contribution in [0.4, 0.5) is 5.69 Å². The molecule has 0 saturated carbocycles. The number of hydrogen-bond donors (Lipinski definition) is 1. The van der Waals surface area contributed by atoms with Crippen LogP contribution in [-0.4, -0.2) is 21.7 Å². The lowest BCUT2D eigenvalue weighted by molar-refractivity contribution is 0.365. The fourth-order valence-electron chi connectivity index (χ4n) is 3.18. The second kappa shape index (κ2) is 10.9. The third-order valence-corrected chi connectivity index (χ3v) is 5.87. The van der Waals surface area contributed by atoms with Crippen LogP contribution in [0.1, 0.15) is 25.0 Å². The molecule has 0 amide bonds. The molecule has 3 nitrogen and oxygen atoms in total. The molecule has 0 saturated heterocycles. The summed E-state index contributed by atoms with van der Waals surface area (Å²) in [5.74, 6) is 0.678. The van der Waals surface area contributed by atoms with Gasteiger partial charge in [0.1, 0.15) is 5.75 Å². The minimum Gasteiger partial charge on any atom is -0.508 e. The molecular weight excluding hydrogens is 447 g/mol. The van der Waals surface area contributed by atoms with Crippen molar-refractivity contribution in [1.29, 1.82) is 0 Å². The van der Waals surface area contributed by atoms with Crippen LogP contribution >= 0.6 is 35.0 Å². The number of thioether (sulfide) groups is 1. The van der Waals surface area contributed by atoms with Gasteiger partial charge in [-0.25, -0.2) is 4.99 Å². The van der Waals surface area contributed by atoms with Crippen molar-refractivity contribution in [2.24, 2.45) is 10.9 Å². The fourth-order valence-corrected chi connectivity index (χ4v) is 4.72. The van der Waals surface area contributed by atoms with Gasteiger partial charge in [-0.05, 0) is 60.9 Å². The van der Waals surface area contributed by atoms with E-state index in [0.717, 1.165) is 22.2 Å². The van der Waals surface area contributed by atoms with Crippen LogP contribution < -0.4 is 0 Å². The van der Waals surface area contributed by atoms with Crippen molar-refractivity contribution in [1.82, 2.24) is 4.90 Å². The first kappa shape index (κ1) is 23.5. The van der Waals surface area contributed by atoms with E-state index in [1.807, 2.05) is 30.3 Å². The third kappa shape index (κ3) is 7.49. The van der Waals surface area contributed by atoms with Gasteiger partial charge in [0.15, 0.2) is 5.17 Å². The van der Waals surface area contributed by atoms with Crippen molar-refractivity contribution in [3.8, 4) is 5.75 Å². The topological polar surface area (TPSA) is 35.8 Å². The largest absolute Gasteiger partial charge is 0.508 e. The molecule has 0 aromatic heterocycles. The van der Waals surface area contributed by atoms with Gasteiger partial charge in [0.25, 0.3) is 0 Å². The van der Waals surface area contributed by atoms with Crippen molar-refractivity contribution in [3.63, 3.8) is 0 Å². The normalized spacial score (nSPS) is 11.7. The minimum atomic E-state index is 0.258. The first-order chi connectivity index (χ1) is 14.8. The number of phenolic OH excluding ortho intramolecular Hbond substituents is 1. The van der Waals surface area contributed by atoms with Crippen LogP contribution in [0, 0.1) is 12.8 Å². The van der Waals surface area contributed by atoms with E-state index in [1.54, 1.807) is 30.0 Å². The first-order valence-electron chi connectivity index (χ1n) is 10.1. The van der Waals surface area contributed by atoms with Gasteiger partial charge in [0, 0.05) is 28.0 Å². The Morgan fingerprint density at radius 1 is 1.00 bits per heavy atom. The van der Waals surface area contributed by atoms with Crippen LogP contribution in [0.25, 0.3) is 0 Å². The van der Waals surface area contributed by atoms with E-state index in [2.05, 4.69) is 43.9 Å². The SMILES string of the molecule is Cc1cccc(SC(=Nc2cc(Cl)cc(Cl)c2)N(Cc2cccc(O)c2)CC(C)C)c1. The number of nitrogens with zero attached hydrogens (tertiary/aromatic N) is 2. The van der Waals surface area contributed by atoms with Crippen LogP contribution in [0.2, 0.25) is 10.0 Å². The van der Waals surface area contributed by atoms with Gasteiger partial charge in [0.2, 0.25) is 0 Å². The Balaban J connectivity index is 2.04. The summed E-state index contributed by atoms with van der Waals surface area (Å²) < 4.78 is 0. The lowest BCUT2D eigenvalue weighted by Gasteiger charge is -2.28. The Morgan fingerprint density at radius 2 is 1.71 bits per heavy atom. The second-order valence-corrected chi connectivity index (χ2v) is 9.80. The Bertz CT molecular complexity index is 1050. The predicted octanol–water partition coefficient (Wildman–Crippen LogP) is 7.95. The second-order valence-electron chi connectivity index (χ2n) is 7.88. The van der Waals surface area contributed by atoms with E-state index in [9.17, 15) is 5.11 Å². The predicted molar refractivity (Wildman–Crippen MR) is 134 cm³/mol. The third-order valence-electron chi connectivity index (χ3n) is 4.41. The van der Waals surface area contributed by atoms with Crippen molar-refractivity contribution in [3.05, 3.63) is 87.9 Å². The van der Waals surface area contributed by atoms with Crippen LogP contribution in [0.3, 0.4) is 0 Å². The average molecular weight is 473 g/mol. The minimum absolute atomic E-state index is 0.258. The highest BCUT2D eigenvalue weighted by atomic mass is 35.5. The highest BCUT2D eigenvalue weighted by molar-refractivity contribution is 8.13. The summed E-state index contributed by atoms with van der Waals surface area (Å²) in [7, 11) is 0. The highest BCUT2D eigenvalue weighted by Crippen LogP contribution is 2.30. The van der Waals surface area contributed by atoms with E-state index in [0.29, 0.717) is 28.2 Å². The summed E-state index contributed by atoms with van der Waals surface area (Å²) in [5, 5.41) is 11.9. The molecule has 3 rings (SSSR count). The lowest BCUT2D eigenvalue weighted by Crippen LogP contribution is -2.32. The van der Waals surface area contributed by atoms with E-state index in [1.165, 1.54) is 5.56 Å². The zero-order valence-electron chi connectivity index (χ0n) is 17.8. The molecule has 0 atom stereocenters. The number of aryl methyl sites for hydroxylation is 1. The molecule has 0 fully saturated rings. The van der Waals surface area contributed by atoms with Crippen LogP contribution in [-0.2, 0) is 6.54 Å². The molecule has 162 valence electrons. The van der Waals surface area contributed by atoms with E-state index >= 15 is 0 Å². The number of aromatic hydroxyl groups is 1. The summed E-state index contributed by atoms with van der Waals surface area (Å²) >= 11 is 14.1. The van der Waals surface area contributed by atoms with Gasteiger partial charge in [-0.1, -0.05) is 78.6 Å². The Kier molecular flexibility index (Phi) is 8.30. The quantitative estimate of drug-likeness (QED) is 0.224. The molecule has 1 N–H and O–H groups in total. The molecule has 6 heteroatoms. The van der Waals surface area contributed by atoms with Crippen LogP contribution in [0.15, 0.2) is 76.6 Å². The molecule has 0 aliphatic carbocycles. The molecule has 0 unspecified atom stereocenters. The van der Waals surface area contributed by atoms with Crippen LogP contribution in [0.5, 0.6) is 5.75 Å². The zero-order valence-corrected chi connectivity index (χ0v) is 20.2. The molecule has 0 spiro atoms. The fraction of sp³-hybridized carbons (Fsp3) is 0.240. The lowest BCUT2D eigenvalue weighted by atomic mass is 10.1. The summed E-state index contributed by atoms with van der Waals surface area (Å²) in [6.07, 6.45) is 0. The molecular formula is C25H26Cl2N2OS. The number of amidine groups is 1. The smallest absolute Gasteiger partial charge is 0.169 e. The highest BCUT2D eigenvalue weighted by Gasteiger charge is 2.17. The molecule has 31 heavy (non-hydrogen) atoms. The maximum atomic E-state index is 9.93. The first-order valence-corrected chi connectivity index (χ1v) is 11.7. The van der Waals surface area contributed by atoms with Gasteiger partial charge < -0.3 is 10.0 Å². The average Bonchev–Trinajstić information content (AvgIpc) is 2.66. The van der Waals surface area contributed by atoms with E-state index < -0.39 is 0 Å². The molecule has 3 aromatic carbocycles. The maximum Gasteiger partial charge on any atom is 0.169 e. The molecule has 0 aliphatic rings. The Labute approximate surface area is 198 Å². The van der Waals surface area contributed by atoms with Crippen molar-refractivity contribution < 1.29 is 5.11 Å². The summed E-state index contributed by atoms with van der Waals surface area (Å²) in [5.41, 5.74) is 2.91. The Morgan fingerprint density at radius 3 is 2.35 bits per heavy atom. The maximum absolute atomic E-state index is 9.93. The summed E-state index contributed by atoms with van der Waals surface area (Å²) in [4.78, 5) is 8.30. The number of aliphatic imine (C=N–C) groups is 1. The number of halogens is 2. The summed E-state index contributed by atoms with van der Waals surface area (Å²) in [6, 6.07) is 21.0. The van der Waals surface area contributed by atoms with Crippen molar-refractivity contribution in [2.75, 3.05) is 6.54 Å². The Hall–Kier alpha value is -2.14. The zero-order chi connectivity index (χ0) is 22.4. The molecule has 0 bridgehead atoms. The molecule has 0 aliphatic heterocycles. The van der Waals surface area contributed by atoms with E-state index in [4.69, 9.17) is 28.2 Å². The number of hydrogen-bond acceptors (Lipinski definition) is 3. The summed E-state index contributed by atoms with van der Waals surface area (Å²) in [6.45, 7) is 7.87. The number of rotatable bonds is 6. The monoisotopic (exact) mass is 472 g/mol.